The van der Waals surface area contributed by atoms with E-state index in [0.29, 0.717) is 30.2 Å². The lowest BCUT2D eigenvalue weighted by Crippen LogP contribution is -2.43. The summed E-state index contributed by atoms with van der Waals surface area (Å²) >= 11 is 5.88. The number of nitrogens with zero attached hydrogens (tertiary/aromatic N) is 2. The molecule has 25 heavy (non-hydrogen) atoms. The summed E-state index contributed by atoms with van der Waals surface area (Å²) in [6.45, 7) is 4.50. The summed E-state index contributed by atoms with van der Waals surface area (Å²) in [6, 6.07) is 6.99. The van der Waals surface area contributed by atoms with Gasteiger partial charge in [0.1, 0.15) is 0 Å². The van der Waals surface area contributed by atoms with Crippen molar-refractivity contribution < 1.29 is 9.59 Å². The molecule has 0 aromatic heterocycles. The zero-order valence-electron chi connectivity index (χ0n) is 14.2. The molecule has 0 bridgehead atoms. The first-order chi connectivity index (χ1) is 11.6. The van der Waals surface area contributed by atoms with Gasteiger partial charge in [-0.25, -0.2) is 0 Å². The third kappa shape index (κ3) is 5.09. The van der Waals surface area contributed by atoms with Crippen LogP contribution in [0.4, 0.5) is 0 Å². The van der Waals surface area contributed by atoms with Crippen LogP contribution in [0.1, 0.15) is 29.6 Å². The number of hydrogen-bond acceptors (Lipinski definition) is 3. The van der Waals surface area contributed by atoms with Crippen molar-refractivity contribution in [2.24, 2.45) is 5.92 Å². The van der Waals surface area contributed by atoms with Gasteiger partial charge in [0, 0.05) is 42.7 Å². The average Bonchev–Trinajstić information content (AvgIpc) is 2.88. The quantitative estimate of drug-likeness (QED) is 0.850. The molecule has 0 unspecified atom stereocenters. The molecule has 2 saturated heterocycles. The van der Waals surface area contributed by atoms with Gasteiger partial charge in [-0.15, -0.1) is 12.4 Å². The van der Waals surface area contributed by atoms with Crippen molar-refractivity contribution in [1.29, 1.82) is 0 Å². The van der Waals surface area contributed by atoms with Gasteiger partial charge in [-0.1, -0.05) is 11.6 Å². The molecule has 2 aliphatic heterocycles. The molecule has 2 amide bonds. The van der Waals surface area contributed by atoms with E-state index in [1.165, 1.54) is 0 Å². The molecule has 138 valence electrons. The van der Waals surface area contributed by atoms with Crippen molar-refractivity contribution in [1.82, 2.24) is 15.1 Å². The largest absolute Gasteiger partial charge is 0.341 e. The zero-order chi connectivity index (χ0) is 16.9. The summed E-state index contributed by atoms with van der Waals surface area (Å²) < 4.78 is 0. The minimum Gasteiger partial charge on any atom is -0.341 e. The number of carbonyl (C=O) groups is 2. The minimum absolute atomic E-state index is 0. The number of benzene rings is 1. The van der Waals surface area contributed by atoms with Crippen molar-refractivity contribution in [3.05, 3.63) is 34.9 Å². The van der Waals surface area contributed by atoms with Gasteiger partial charge in [0.05, 0.1) is 0 Å². The van der Waals surface area contributed by atoms with Crippen molar-refractivity contribution in [3.63, 3.8) is 0 Å². The topological polar surface area (TPSA) is 52.7 Å². The summed E-state index contributed by atoms with van der Waals surface area (Å²) in [5.74, 6) is 0.421. The van der Waals surface area contributed by atoms with E-state index >= 15 is 0 Å². The van der Waals surface area contributed by atoms with E-state index in [4.69, 9.17) is 11.6 Å². The smallest absolute Gasteiger partial charge is 0.253 e. The first-order valence-electron chi connectivity index (χ1n) is 8.69. The Kier molecular flexibility index (Phi) is 7.54. The second-order valence-electron chi connectivity index (χ2n) is 6.50. The van der Waals surface area contributed by atoms with Gasteiger partial charge in [0.2, 0.25) is 5.91 Å². The third-order valence-electron chi connectivity index (χ3n) is 4.87. The molecule has 7 heteroatoms. The van der Waals surface area contributed by atoms with Crippen molar-refractivity contribution in [2.45, 2.75) is 19.3 Å². The summed E-state index contributed by atoms with van der Waals surface area (Å²) in [4.78, 5) is 29.1. The van der Waals surface area contributed by atoms with Gasteiger partial charge in [0.25, 0.3) is 5.91 Å². The average molecular weight is 386 g/mol. The maximum absolute atomic E-state index is 12.7. The number of nitrogens with one attached hydrogen (secondary N) is 1. The fourth-order valence-electron chi connectivity index (χ4n) is 3.44. The summed E-state index contributed by atoms with van der Waals surface area (Å²) in [7, 11) is 0. The number of carbonyl (C=O) groups excluding carboxylic acids is 2. The predicted octanol–water partition coefficient (Wildman–Crippen LogP) is 2.44. The normalized spacial score (nSPS) is 19.1. The molecule has 2 heterocycles. The standard InChI is InChI=1S/C18H24ClN3O2.ClH/c19-16-4-2-14(3-5-16)17(23)21-10-1-11-22(13-12-21)18(24)15-6-8-20-9-7-15;/h2-5,15,20H,1,6-13H2;1H. The van der Waals surface area contributed by atoms with E-state index in [2.05, 4.69) is 5.32 Å². The first-order valence-corrected chi connectivity index (χ1v) is 9.07. The van der Waals surface area contributed by atoms with E-state index in [9.17, 15) is 9.59 Å². The van der Waals surface area contributed by atoms with Gasteiger partial charge in [0.15, 0.2) is 0 Å². The highest BCUT2D eigenvalue weighted by atomic mass is 35.5. The van der Waals surface area contributed by atoms with E-state index in [1.54, 1.807) is 24.3 Å². The Morgan fingerprint density at radius 1 is 0.960 bits per heavy atom. The molecule has 0 saturated carbocycles. The third-order valence-corrected chi connectivity index (χ3v) is 5.13. The Labute approximate surface area is 160 Å². The van der Waals surface area contributed by atoms with Crippen LogP contribution in [0.3, 0.4) is 0 Å². The van der Waals surface area contributed by atoms with Crippen LogP contribution in [0.5, 0.6) is 0 Å². The van der Waals surface area contributed by atoms with Gasteiger partial charge < -0.3 is 15.1 Å². The predicted molar refractivity (Wildman–Crippen MR) is 101 cm³/mol. The van der Waals surface area contributed by atoms with Crippen LogP contribution >= 0.6 is 24.0 Å². The fraction of sp³-hybridized carbons (Fsp3) is 0.556. The molecule has 2 fully saturated rings. The van der Waals surface area contributed by atoms with Crippen LogP contribution in [-0.4, -0.2) is 60.9 Å². The van der Waals surface area contributed by atoms with Gasteiger partial charge in [-0.2, -0.15) is 0 Å². The zero-order valence-corrected chi connectivity index (χ0v) is 15.8. The van der Waals surface area contributed by atoms with Crippen LogP contribution in [0.15, 0.2) is 24.3 Å². The van der Waals surface area contributed by atoms with Gasteiger partial charge in [-0.3, -0.25) is 9.59 Å². The van der Waals surface area contributed by atoms with Crippen LogP contribution in [-0.2, 0) is 4.79 Å². The van der Waals surface area contributed by atoms with Crippen LogP contribution in [0.25, 0.3) is 0 Å². The molecule has 3 rings (SSSR count). The number of hydrogen-bond donors (Lipinski definition) is 1. The highest BCUT2D eigenvalue weighted by Gasteiger charge is 2.28. The molecule has 0 atom stereocenters. The molecule has 2 aliphatic rings. The molecule has 1 aromatic carbocycles. The number of halogens is 2. The monoisotopic (exact) mass is 385 g/mol. The van der Waals surface area contributed by atoms with E-state index in [1.807, 2.05) is 9.80 Å². The summed E-state index contributed by atoms with van der Waals surface area (Å²) in [5, 5.41) is 3.92. The Balaban J connectivity index is 0.00000225. The first kappa shape index (κ1) is 20.0. The maximum Gasteiger partial charge on any atom is 0.253 e. The molecular formula is C18H25Cl2N3O2. The van der Waals surface area contributed by atoms with E-state index in [-0.39, 0.29) is 30.1 Å². The maximum atomic E-state index is 12.7. The molecular weight excluding hydrogens is 361 g/mol. The highest BCUT2D eigenvalue weighted by Crippen LogP contribution is 2.18. The van der Waals surface area contributed by atoms with E-state index in [0.717, 1.165) is 38.9 Å². The molecule has 5 nitrogen and oxygen atoms in total. The van der Waals surface area contributed by atoms with E-state index < -0.39 is 0 Å². The lowest BCUT2D eigenvalue weighted by atomic mass is 9.96. The molecule has 0 spiro atoms. The minimum atomic E-state index is 0. The lowest BCUT2D eigenvalue weighted by Gasteiger charge is -2.28. The molecule has 1 aromatic rings. The number of piperidine rings is 1. The molecule has 0 radical (unpaired) electrons. The Morgan fingerprint density at radius 3 is 2.24 bits per heavy atom. The summed E-state index contributed by atoms with van der Waals surface area (Å²) in [6.07, 6.45) is 2.67. The van der Waals surface area contributed by atoms with Crippen LogP contribution < -0.4 is 5.32 Å². The Morgan fingerprint density at radius 2 is 1.56 bits per heavy atom. The fourth-order valence-corrected chi connectivity index (χ4v) is 3.57. The lowest BCUT2D eigenvalue weighted by molar-refractivity contribution is -0.136. The van der Waals surface area contributed by atoms with Crippen molar-refractivity contribution >= 4 is 35.8 Å². The number of rotatable bonds is 2. The second-order valence-corrected chi connectivity index (χ2v) is 6.94. The highest BCUT2D eigenvalue weighted by molar-refractivity contribution is 6.30. The van der Waals surface area contributed by atoms with Crippen molar-refractivity contribution in [3.8, 4) is 0 Å². The molecule has 0 aliphatic carbocycles. The SMILES string of the molecule is Cl.O=C(c1ccc(Cl)cc1)N1CCCN(C(=O)C2CCNCC2)CC1. The van der Waals surface area contributed by atoms with Gasteiger partial charge in [-0.05, 0) is 56.6 Å². The van der Waals surface area contributed by atoms with Crippen LogP contribution in [0, 0.1) is 5.92 Å². The Hall–Kier alpha value is -1.30. The Bertz CT molecular complexity index is 588. The van der Waals surface area contributed by atoms with Crippen LogP contribution in [0.2, 0.25) is 5.02 Å². The summed E-state index contributed by atoms with van der Waals surface area (Å²) in [5.41, 5.74) is 0.650. The second kappa shape index (κ2) is 9.41. The molecule has 1 N–H and O–H groups in total. The number of amides is 2. The van der Waals surface area contributed by atoms with Crippen molar-refractivity contribution in [2.75, 3.05) is 39.3 Å². The van der Waals surface area contributed by atoms with Gasteiger partial charge >= 0.3 is 0 Å².